The fraction of sp³-hybridized carbons (Fsp3) is 1.00. The standard InChI is InChI=1S/C11H22N2S/c1-13(8-9-4-3-5-9)10-6-12-7-11(10)14-2/h9-12H,3-8H2,1-2H3. The van der Waals surface area contributed by atoms with Gasteiger partial charge in [-0.15, -0.1) is 0 Å². The zero-order chi connectivity index (χ0) is 9.97. The highest BCUT2D eigenvalue weighted by atomic mass is 32.2. The molecule has 0 spiro atoms. The molecule has 2 aliphatic rings. The van der Waals surface area contributed by atoms with Gasteiger partial charge in [-0.1, -0.05) is 6.42 Å². The first-order chi connectivity index (χ1) is 6.81. The number of nitrogens with zero attached hydrogens (tertiary/aromatic N) is 1. The Morgan fingerprint density at radius 1 is 1.36 bits per heavy atom. The van der Waals surface area contributed by atoms with Crippen LogP contribution in [0.4, 0.5) is 0 Å². The first-order valence-corrected chi connectivity index (χ1v) is 7.04. The predicted octanol–water partition coefficient (Wildman–Crippen LogP) is 1.42. The fourth-order valence-corrected chi connectivity index (χ4v) is 3.44. The number of nitrogens with one attached hydrogen (secondary N) is 1. The third-order valence-electron chi connectivity index (χ3n) is 3.77. The maximum atomic E-state index is 3.50. The van der Waals surface area contributed by atoms with Crippen molar-refractivity contribution in [2.75, 3.05) is 32.9 Å². The van der Waals surface area contributed by atoms with Gasteiger partial charge in [0.1, 0.15) is 0 Å². The summed E-state index contributed by atoms with van der Waals surface area (Å²) in [5.41, 5.74) is 0. The molecule has 82 valence electrons. The first kappa shape index (κ1) is 10.8. The molecule has 0 aromatic heterocycles. The summed E-state index contributed by atoms with van der Waals surface area (Å²) in [5, 5.41) is 4.31. The lowest BCUT2D eigenvalue weighted by molar-refractivity contribution is 0.171. The second kappa shape index (κ2) is 4.86. The number of hydrogen-bond acceptors (Lipinski definition) is 3. The van der Waals surface area contributed by atoms with Crippen molar-refractivity contribution in [3.8, 4) is 0 Å². The third-order valence-corrected chi connectivity index (χ3v) is 4.85. The van der Waals surface area contributed by atoms with Gasteiger partial charge in [-0.05, 0) is 32.1 Å². The number of rotatable bonds is 4. The van der Waals surface area contributed by atoms with Crippen LogP contribution in [0.15, 0.2) is 0 Å². The highest BCUT2D eigenvalue weighted by Gasteiger charge is 2.31. The van der Waals surface area contributed by atoms with Gasteiger partial charge >= 0.3 is 0 Å². The Morgan fingerprint density at radius 2 is 2.14 bits per heavy atom. The zero-order valence-electron chi connectivity index (χ0n) is 9.33. The Hall–Kier alpha value is 0.270. The molecule has 0 radical (unpaired) electrons. The molecule has 1 saturated carbocycles. The molecule has 2 atom stereocenters. The van der Waals surface area contributed by atoms with Crippen LogP contribution in [0, 0.1) is 5.92 Å². The Kier molecular flexibility index (Phi) is 3.74. The first-order valence-electron chi connectivity index (χ1n) is 5.75. The summed E-state index contributed by atoms with van der Waals surface area (Å²) in [6.07, 6.45) is 6.64. The highest BCUT2D eigenvalue weighted by Crippen LogP contribution is 2.28. The summed E-state index contributed by atoms with van der Waals surface area (Å²) in [6, 6.07) is 0.769. The fourth-order valence-electron chi connectivity index (χ4n) is 2.54. The van der Waals surface area contributed by atoms with Crippen LogP contribution in [0.1, 0.15) is 19.3 Å². The van der Waals surface area contributed by atoms with Gasteiger partial charge < -0.3 is 10.2 Å². The van der Waals surface area contributed by atoms with Crippen LogP contribution in [0.2, 0.25) is 0 Å². The molecule has 3 heteroatoms. The summed E-state index contributed by atoms with van der Waals surface area (Å²) >= 11 is 2.02. The molecule has 2 unspecified atom stereocenters. The average molecular weight is 214 g/mol. The van der Waals surface area contributed by atoms with Gasteiger partial charge in [-0.2, -0.15) is 11.8 Å². The van der Waals surface area contributed by atoms with Crippen LogP contribution >= 0.6 is 11.8 Å². The van der Waals surface area contributed by atoms with Crippen molar-refractivity contribution in [2.45, 2.75) is 30.6 Å². The second-order valence-electron chi connectivity index (χ2n) is 4.74. The van der Waals surface area contributed by atoms with E-state index in [-0.39, 0.29) is 0 Å². The number of thioether (sulfide) groups is 1. The van der Waals surface area contributed by atoms with E-state index in [9.17, 15) is 0 Å². The highest BCUT2D eigenvalue weighted by molar-refractivity contribution is 7.99. The molecule has 1 aliphatic carbocycles. The van der Waals surface area contributed by atoms with E-state index in [0.29, 0.717) is 0 Å². The monoisotopic (exact) mass is 214 g/mol. The molecule has 1 aliphatic heterocycles. The van der Waals surface area contributed by atoms with Crippen molar-refractivity contribution in [3.63, 3.8) is 0 Å². The van der Waals surface area contributed by atoms with Crippen LogP contribution in [0.3, 0.4) is 0 Å². The van der Waals surface area contributed by atoms with Crippen molar-refractivity contribution in [1.29, 1.82) is 0 Å². The summed E-state index contributed by atoms with van der Waals surface area (Å²) < 4.78 is 0. The van der Waals surface area contributed by atoms with E-state index in [1.54, 1.807) is 0 Å². The summed E-state index contributed by atoms with van der Waals surface area (Å²) in [4.78, 5) is 2.59. The second-order valence-corrected chi connectivity index (χ2v) is 5.81. The summed E-state index contributed by atoms with van der Waals surface area (Å²) in [7, 11) is 2.30. The largest absolute Gasteiger partial charge is 0.314 e. The number of likely N-dealkylation sites (N-methyl/N-ethyl adjacent to an activating group) is 1. The third kappa shape index (κ3) is 2.26. The Morgan fingerprint density at radius 3 is 2.71 bits per heavy atom. The molecule has 0 aromatic rings. The van der Waals surface area contributed by atoms with Gasteiger partial charge in [0.2, 0.25) is 0 Å². The molecule has 2 fully saturated rings. The normalized spacial score (nSPS) is 33.6. The quantitative estimate of drug-likeness (QED) is 0.762. The van der Waals surface area contributed by atoms with Crippen LogP contribution in [0.5, 0.6) is 0 Å². The van der Waals surface area contributed by atoms with E-state index in [0.717, 1.165) is 17.2 Å². The maximum absolute atomic E-state index is 3.50. The van der Waals surface area contributed by atoms with E-state index in [2.05, 4.69) is 23.5 Å². The van der Waals surface area contributed by atoms with Crippen LogP contribution in [0.25, 0.3) is 0 Å². The summed E-state index contributed by atoms with van der Waals surface area (Å²) in [5.74, 6) is 1.00. The Labute approximate surface area is 91.8 Å². The van der Waals surface area contributed by atoms with Gasteiger partial charge in [-0.3, -0.25) is 0 Å². The summed E-state index contributed by atoms with van der Waals surface area (Å²) in [6.45, 7) is 3.71. The van der Waals surface area contributed by atoms with Gasteiger partial charge in [-0.25, -0.2) is 0 Å². The predicted molar refractivity (Wildman–Crippen MR) is 63.9 cm³/mol. The molecule has 0 amide bonds. The average Bonchev–Trinajstić information content (AvgIpc) is 2.58. The SMILES string of the molecule is CSC1CNCC1N(C)CC1CCC1. The molecular weight excluding hydrogens is 192 g/mol. The maximum Gasteiger partial charge on any atom is 0.0348 e. The lowest BCUT2D eigenvalue weighted by Crippen LogP contribution is -2.43. The minimum Gasteiger partial charge on any atom is -0.314 e. The van der Waals surface area contributed by atoms with Crippen LogP contribution < -0.4 is 5.32 Å². The molecule has 1 heterocycles. The van der Waals surface area contributed by atoms with Gasteiger partial charge in [0.25, 0.3) is 0 Å². The van der Waals surface area contributed by atoms with E-state index in [1.165, 1.54) is 38.9 Å². The van der Waals surface area contributed by atoms with Gasteiger partial charge in [0.05, 0.1) is 0 Å². The smallest absolute Gasteiger partial charge is 0.0348 e. The van der Waals surface area contributed by atoms with Crippen molar-refractivity contribution in [2.24, 2.45) is 5.92 Å². The van der Waals surface area contributed by atoms with Crippen molar-refractivity contribution < 1.29 is 0 Å². The van der Waals surface area contributed by atoms with E-state index in [4.69, 9.17) is 0 Å². The topological polar surface area (TPSA) is 15.3 Å². The lowest BCUT2D eigenvalue weighted by atomic mass is 9.85. The Balaban J connectivity index is 1.79. The van der Waals surface area contributed by atoms with Crippen LogP contribution in [-0.2, 0) is 0 Å². The van der Waals surface area contributed by atoms with E-state index < -0.39 is 0 Å². The van der Waals surface area contributed by atoms with Crippen molar-refractivity contribution in [3.05, 3.63) is 0 Å². The number of hydrogen-bond donors (Lipinski definition) is 1. The molecule has 1 N–H and O–H groups in total. The lowest BCUT2D eigenvalue weighted by Gasteiger charge is -2.34. The molecule has 14 heavy (non-hydrogen) atoms. The molecular formula is C11H22N2S. The van der Waals surface area contributed by atoms with E-state index >= 15 is 0 Å². The molecule has 1 saturated heterocycles. The Bertz CT molecular complexity index is 182. The minimum atomic E-state index is 0.769. The van der Waals surface area contributed by atoms with Crippen LogP contribution in [-0.4, -0.2) is 49.1 Å². The van der Waals surface area contributed by atoms with Gasteiger partial charge in [0, 0.05) is 30.9 Å². The van der Waals surface area contributed by atoms with E-state index in [1.807, 2.05) is 11.8 Å². The van der Waals surface area contributed by atoms with Gasteiger partial charge in [0.15, 0.2) is 0 Å². The zero-order valence-corrected chi connectivity index (χ0v) is 10.1. The molecule has 0 aromatic carbocycles. The van der Waals surface area contributed by atoms with Crippen molar-refractivity contribution >= 4 is 11.8 Å². The molecule has 2 rings (SSSR count). The minimum absolute atomic E-state index is 0.769. The molecule has 0 bridgehead atoms. The van der Waals surface area contributed by atoms with Crippen molar-refractivity contribution in [1.82, 2.24) is 10.2 Å². The molecule has 2 nitrogen and oxygen atoms in total.